The molecule has 0 saturated heterocycles. The third-order valence-corrected chi connectivity index (χ3v) is 3.03. The van der Waals surface area contributed by atoms with E-state index in [0.717, 1.165) is 36.3 Å². The fraction of sp³-hybridized carbons (Fsp3) is 0.333. The molecule has 0 aromatic heterocycles. The number of carbonyl (C=O) groups excluding carboxylic acids is 1. The molecule has 2 aliphatic rings. The summed E-state index contributed by atoms with van der Waals surface area (Å²) < 4.78 is 0. The molecule has 2 aliphatic heterocycles. The summed E-state index contributed by atoms with van der Waals surface area (Å²) >= 11 is 0. The van der Waals surface area contributed by atoms with Gasteiger partial charge in [-0.2, -0.15) is 0 Å². The molecule has 0 fully saturated rings. The number of anilines is 1. The van der Waals surface area contributed by atoms with Crippen LogP contribution < -0.4 is 5.32 Å². The largest absolute Gasteiger partial charge is 0.325 e. The third-order valence-electron chi connectivity index (χ3n) is 3.03. The first-order valence-electron chi connectivity index (χ1n) is 5.29. The van der Waals surface area contributed by atoms with Crippen molar-refractivity contribution in [1.82, 2.24) is 0 Å². The number of carbonyl (C=O) groups is 1. The Hall–Kier alpha value is -1.64. The van der Waals surface area contributed by atoms with Crippen LogP contribution in [-0.4, -0.2) is 18.2 Å². The van der Waals surface area contributed by atoms with Gasteiger partial charge < -0.3 is 5.32 Å². The number of fused-ring (bicyclic) bond motifs is 1. The van der Waals surface area contributed by atoms with E-state index in [9.17, 15) is 4.79 Å². The summed E-state index contributed by atoms with van der Waals surface area (Å²) in [6, 6.07) is 7.88. The van der Waals surface area contributed by atoms with Gasteiger partial charge in [-0.1, -0.05) is 18.2 Å². The molecule has 2 heterocycles. The molecule has 0 bridgehead atoms. The lowest BCUT2D eigenvalue weighted by Crippen LogP contribution is -2.19. The molecular formula is C12H12N2O. The molecule has 3 rings (SSSR count). The number of amides is 1. The molecule has 0 radical (unpaired) electrons. The Morgan fingerprint density at radius 3 is 3.00 bits per heavy atom. The van der Waals surface area contributed by atoms with E-state index < -0.39 is 0 Å². The van der Waals surface area contributed by atoms with E-state index in [1.807, 2.05) is 24.3 Å². The second kappa shape index (κ2) is 3.19. The summed E-state index contributed by atoms with van der Waals surface area (Å²) in [6.45, 7) is 0.876. The van der Waals surface area contributed by atoms with Crippen molar-refractivity contribution in [2.24, 2.45) is 4.99 Å². The van der Waals surface area contributed by atoms with E-state index in [-0.39, 0.29) is 11.8 Å². The Kier molecular flexibility index (Phi) is 1.84. The van der Waals surface area contributed by atoms with Gasteiger partial charge in [0, 0.05) is 17.9 Å². The molecule has 1 unspecified atom stereocenters. The van der Waals surface area contributed by atoms with Crippen molar-refractivity contribution in [3.63, 3.8) is 0 Å². The Morgan fingerprint density at radius 2 is 2.20 bits per heavy atom. The Bertz CT molecular complexity index is 451. The summed E-state index contributed by atoms with van der Waals surface area (Å²) in [5, 5.41) is 2.90. The number of rotatable bonds is 1. The molecular weight excluding hydrogens is 188 g/mol. The smallest absolute Gasteiger partial charge is 0.237 e. The summed E-state index contributed by atoms with van der Waals surface area (Å²) in [7, 11) is 0. The number of benzene rings is 1. The SMILES string of the molecule is O=C1Nc2ccccc2C1C1=NCCC1. The zero-order chi connectivity index (χ0) is 10.3. The third kappa shape index (κ3) is 1.27. The molecule has 0 saturated carbocycles. The molecule has 0 spiro atoms. The van der Waals surface area contributed by atoms with Crippen LogP contribution >= 0.6 is 0 Å². The highest BCUT2D eigenvalue weighted by atomic mass is 16.2. The zero-order valence-electron chi connectivity index (χ0n) is 8.36. The fourth-order valence-corrected chi connectivity index (χ4v) is 2.34. The molecule has 1 aromatic carbocycles. The van der Waals surface area contributed by atoms with Gasteiger partial charge in [0.1, 0.15) is 5.92 Å². The Labute approximate surface area is 88.2 Å². The molecule has 15 heavy (non-hydrogen) atoms. The molecule has 1 atom stereocenters. The van der Waals surface area contributed by atoms with E-state index in [2.05, 4.69) is 10.3 Å². The van der Waals surface area contributed by atoms with Crippen LogP contribution in [0.2, 0.25) is 0 Å². The number of nitrogens with zero attached hydrogens (tertiary/aromatic N) is 1. The topological polar surface area (TPSA) is 41.5 Å². The number of nitrogens with one attached hydrogen (secondary N) is 1. The van der Waals surface area contributed by atoms with Crippen molar-refractivity contribution >= 4 is 17.3 Å². The minimum atomic E-state index is -0.122. The van der Waals surface area contributed by atoms with Crippen molar-refractivity contribution < 1.29 is 4.79 Å². The van der Waals surface area contributed by atoms with Crippen LogP contribution in [0, 0.1) is 0 Å². The highest BCUT2D eigenvalue weighted by Gasteiger charge is 2.34. The van der Waals surface area contributed by atoms with Crippen LogP contribution in [0.4, 0.5) is 5.69 Å². The minimum Gasteiger partial charge on any atom is -0.325 e. The van der Waals surface area contributed by atoms with Crippen molar-refractivity contribution in [3.8, 4) is 0 Å². The summed E-state index contributed by atoms with van der Waals surface area (Å²) in [5.41, 5.74) is 3.09. The predicted octanol–water partition coefficient (Wildman–Crippen LogP) is 1.96. The average molecular weight is 200 g/mol. The van der Waals surface area contributed by atoms with Gasteiger partial charge in [-0.05, 0) is 24.5 Å². The van der Waals surface area contributed by atoms with Crippen molar-refractivity contribution in [2.75, 3.05) is 11.9 Å². The van der Waals surface area contributed by atoms with Crippen LogP contribution in [0.5, 0.6) is 0 Å². The van der Waals surface area contributed by atoms with Gasteiger partial charge in [0.2, 0.25) is 5.91 Å². The van der Waals surface area contributed by atoms with Crippen LogP contribution in [0.25, 0.3) is 0 Å². The maximum absolute atomic E-state index is 11.8. The second-order valence-corrected chi connectivity index (χ2v) is 3.99. The van der Waals surface area contributed by atoms with Gasteiger partial charge in [0.05, 0.1) is 0 Å². The van der Waals surface area contributed by atoms with Crippen molar-refractivity contribution in [3.05, 3.63) is 29.8 Å². The van der Waals surface area contributed by atoms with E-state index in [1.54, 1.807) is 0 Å². The minimum absolute atomic E-state index is 0.0804. The van der Waals surface area contributed by atoms with Crippen molar-refractivity contribution in [2.45, 2.75) is 18.8 Å². The van der Waals surface area contributed by atoms with Crippen LogP contribution in [0.3, 0.4) is 0 Å². The number of hydrogen-bond acceptors (Lipinski definition) is 2. The van der Waals surface area contributed by atoms with Gasteiger partial charge in [-0.3, -0.25) is 9.79 Å². The molecule has 3 nitrogen and oxygen atoms in total. The lowest BCUT2D eigenvalue weighted by atomic mass is 9.94. The first-order chi connectivity index (χ1) is 7.36. The molecule has 1 amide bonds. The Morgan fingerprint density at radius 1 is 1.33 bits per heavy atom. The molecule has 76 valence electrons. The van der Waals surface area contributed by atoms with Gasteiger partial charge in [0.15, 0.2) is 0 Å². The predicted molar refractivity (Wildman–Crippen MR) is 59.3 cm³/mol. The molecule has 0 aliphatic carbocycles. The highest BCUT2D eigenvalue weighted by Crippen LogP contribution is 2.35. The zero-order valence-corrected chi connectivity index (χ0v) is 8.36. The van der Waals surface area contributed by atoms with Crippen molar-refractivity contribution in [1.29, 1.82) is 0 Å². The maximum Gasteiger partial charge on any atom is 0.237 e. The number of para-hydroxylation sites is 1. The molecule has 3 heteroatoms. The van der Waals surface area contributed by atoms with Crippen LogP contribution in [0.1, 0.15) is 24.3 Å². The first-order valence-corrected chi connectivity index (χ1v) is 5.29. The maximum atomic E-state index is 11.8. The number of hydrogen-bond donors (Lipinski definition) is 1. The summed E-state index contributed by atoms with van der Waals surface area (Å²) in [6.07, 6.45) is 2.05. The summed E-state index contributed by atoms with van der Waals surface area (Å²) in [4.78, 5) is 16.2. The Balaban J connectivity index is 2.05. The van der Waals surface area contributed by atoms with Gasteiger partial charge in [0.25, 0.3) is 0 Å². The van der Waals surface area contributed by atoms with E-state index in [1.165, 1.54) is 0 Å². The van der Waals surface area contributed by atoms with E-state index in [4.69, 9.17) is 0 Å². The lowest BCUT2D eigenvalue weighted by molar-refractivity contribution is -0.115. The average Bonchev–Trinajstić information content (AvgIpc) is 2.82. The first kappa shape index (κ1) is 8.65. The van der Waals surface area contributed by atoms with E-state index >= 15 is 0 Å². The highest BCUT2D eigenvalue weighted by molar-refractivity contribution is 6.18. The fourth-order valence-electron chi connectivity index (χ4n) is 2.34. The van der Waals surface area contributed by atoms with Gasteiger partial charge >= 0.3 is 0 Å². The van der Waals surface area contributed by atoms with Crippen LogP contribution in [0.15, 0.2) is 29.3 Å². The second-order valence-electron chi connectivity index (χ2n) is 3.99. The van der Waals surface area contributed by atoms with Gasteiger partial charge in [-0.15, -0.1) is 0 Å². The monoisotopic (exact) mass is 200 g/mol. The molecule has 1 aromatic rings. The van der Waals surface area contributed by atoms with Crippen LogP contribution in [-0.2, 0) is 4.79 Å². The normalized spacial score (nSPS) is 23.6. The standard InChI is InChI=1S/C12H12N2O/c15-12-11(10-6-3-7-13-10)8-4-1-2-5-9(8)14-12/h1-2,4-5,11H,3,6-7H2,(H,14,15). The number of aliphatic imine (C=N–C) groups is 1. The van der Waals surface area contributed by atoms with Gasteiger partial charge in [-0.25, -0.2) is 0 Å². The van der Waals surface area contributed by atoms with E-state index in [0.29, 0.717) is 0 Å². The summed E-state index contributed by atoms with van der Waals surface area (Å²) in [5.74, 6) is -0.0412. The molecule has 1 N–H and O–H groups in total. The lowest BCUT2D eigenvalue weighted by Gasteiger charge is -2.07. The quantitative estimate of drug-likeness (QED) is 0.739.